The predicted octanol–water partition coefficient (Wildman–Crippen LogP) is 3.67. The van der Waals surface area contributed by atoms with E-state index in [1.807, 2.05) is 0 Å². The first-order valence-corrected chi connectivity index (χ1v) is 11.3. The molecule has 0 spiro atoms. The van der Waals surface area contributed by atoms with Gasteiger partial charge in [-0.05, 0) is 35.4 Å². The largest absolute Gasteiger partial charge is 0.508 e. The van der Waals surface area contributed by atoms with Gasteiger partial charge in [-0.15, -0.1) is 0 Å². The van der Waals surface area contributed by atoms with Crippen LogP contribution in [0.2, 0.25) is 0 Å². The van der Waals surface area contributed by atoms with E-state index in [-0.39, 0.29) is 18.2 Å². The van der Waals surface area contributed by atoms with Crippen LogP contribution >= 0.6 is 0 Å². The number of rotatable bonds is 9. The van der Waals surface area contributed by atoms with E-state index in [1.165, 1.54) is 0 Å². The Bertz CT molecular complexity index is 1280. The highest BCUT2D eigenvalue weighted by Gasteiger charge is 2.70. The molecule has 2 aromatic rings. The van der Waals surface area contributed by atoms with Gasteiger partial charge >= 0.3 is 43.0 Å². The van der Waals surface area contributed by atoms with Gasteiger partial charge in [0.15, 0.2) is 0 Å². The molecular weight excluding hydrogens is 568 g/mol. The zero-order chi connectivity index (χ0) is 28.1. The number of alkyl halides is 8. The molecule has 0 unspecified atom stereocenters. The summed E-state index contributed by atoms with van der Waals surface area (Å²) in [6.45, 7) is 0. The van der Waals surface area contributed by atoms with Crippen LogP contribution in [-0.2, 0) is 20.2 Å². The number of hydrogen-bond donors (Lipinski definition) is 4. The Labute approximate surface area is 194 Å². The maximum atomic E-state index is 13.8. The van der Waals surface area contributed by atoms with Crippen LogP contribution in [0.1, 0.15) is 0 Å². The highest BCUT2D eigenvalue weighted by molar-refractivity contribution is 7.87. The Morgan fingerprint density at radius 3 is 1.17 bits per heavy atom. The molecule has 0 amide bonds. The molecule has 0 heterocycles. The Hall–Kier alpha value is -3.10. The molecule has 0 bridgehead atoms. The summed E-state index contributed by atoms with van der Waals surface area (Å²) in [5, 5.41) is 6.33. The molecule has 202 valence electrons. The number of phenols is 2. The first kappa shape index (κ1) is 29.1. The van der Waals surface area contributed by atoms with Crippen molar-refractivity contribution >= 4 is 20.2 Å². The second-order valence-corrected chi connectivity index (χ2v) is 9.58. The van der Waals surface area contributed by atoms with Crippen molar-refractivity contribution in [1.29, 1.82) is 0 Å². The summed E-state index contributed by atoms with van der Waals surface area (Å²) in [5.74, 6) is -4.95. The minimum absolute atomic E-state index is 0.228. The van der Waals surface area contributed by atoms with Crippen molar-refractivity contribution in [3.63, 3.8) is 0 Å². The van der Waals surface area contributed by atoms with Crippen molar-refractivity contribution in [1.82, 2.24) is 0 Å². The van der Waals surface area contributed by atoms with E-state index in [4.69, 9.17) is 9.11 Å². The maximum absolute atomic E-state index is 13.8. The summed E-state index contributed by atoms with van der Waals surface area (Å²) in [7, 11) is -13.7. The van der Waals surface area contributed by atoms with Gasteiger partial charge in [0, 0.05) is 12.1 Å². The standard InChI is InChI=1S/C16H10F8O10S2/c17-13(18,15(21,22)35(27,28)29)33-11-3-8(7-1-9(25)5-10(26)2-7)4-12(6-11)34-14(19,20)16(23,24)36(30,31)32/h1-6,25-26H,(H,27,28,29)(H,30,31,32). The Kier molecular flexibility index (Phi) is 7.10. The molecule has 4 N–H and O–H groups in total. The molecule has 10 nitrogen and oxygen atoms in total. The third-order valence-corrected chi connectivity index (χ3v) is 5.70. The Morgan fingerprint density at radius 2 is 0.861 bits per heavy atom. The molecule has 0 aromatic heterocycles. The SMILES string of the molecule is O=S(=O)(O)C(F)(F)C(F)(F)Oc1cc(OC(F)(F)C(F)(F)S(=O)(=O)O)cc(-c2cc(O)cc(O)c2)c1. The molecular formula is C16H10F8O10S2. The monoisotopic (exact) mass is 578 g/mol. The highest BCUT2D eigenvalue weighted by Crippen LogP contribution is 2.44. The predicted molar refractivity (Wildman–Crippen MR) is 99.3 cm³/mol. The second-order valence-electron chi connectivity index (χ2n) is 6.65. The van der Waals surface area contributed by atoms with E-state index in [0.717, 1.165) is 0 Å². The number of aromatic hydroxyl groups is 2. The van der Waals surface area contributed by atoms with Crippen LogP contribution in [-0.4, -0.2) is 58.9 Å². The lowest BCUT2D eigenvalue weighted by Crippen LogP contribution is -2.51. The lowest BCUT2D eigenvalue weighted by Gasteiger charge is -2.26. The van der Waals surface area contributed by atoms with Gasteiger partial charge in [-0.2, -0.15) is 52.0 Å². The van der Waals surface area contributed by atoms with E-state index in [1.54, 1.807) is 0 Å². The molecule has 0 fully saturated rings. The topological polar surface area (TPSA) is 168 Å². The van der Waals surface area contributed by atoms with Crippen LogP contribution in [0.3, 0.4) is 0 Å². The summed E-state index contributed by atoms with van der Waals surface area (Å²) >= 11 is 0. The van der Waals surface area contributed by atoms with Crippen molar-refractivity contribution in [2.24, 2.45) is 0 Å². The Morgan fingerprint density at radius 1 is 0.556 bits per heavy atom. The second kappa shape index (κ2) is 8.78. The summed E-state index contributed by atoms with van der Waals surface area (Å²) in [6, 6.07) is 2.37. The van der Waals surface area contributed by atoms with E-state index >= 15 is 0 Å². The van der Waals surface area contributed by atoms with Gasteiger partial charge in [0.1, 0.15) is 23.0 Å². The number of benzene rings is 2. The van der Waals surface area contributed by atoms with Crippen LogP contribution < -0.4 is 9.47 Å². The minimum Gasteiger partial charge on any atom is -0.508 e. The van der Waals surface area contributed by atoms with Crippen LogP contribution in [0, 0.1) is 0 Å². The molecule has 0 aliphatic heterocycles. The fourth-order valence-corrected chi connectivity index (χ4v) is 3.02. The molecule has 0 saturated heterocycles. The van der Waals surface area contributed by atoms with E-state index in [9.17, 15) is 62.2 Å². The van der Waals surface area contributed by atoms with Gasteiger partial charge in [0.2, 0.25) is 0 Å². The fraction of sp³-hybridized carbons (Fsp3) is 0.250. The molecule has 0 saturated carbocycles. The molecule has 36 heavy (non-hydrogen) atoms. The average Bonchev–Trinajstić information content (AvgIpc) is 2.64. The lowest BCUT2D eigenvalue weighted by molar-refractivity contribution is -0.276. The van der Waals surface area contributed by atoms with Gasteiger partial charge < -0.3 is 19.7 Å². The van der Waals surface area contributed by atoms with Gasteiger partial charge in [0.25, 0.3) is 0 Å². The van der Waals surface area contributed by atoms with Crippen molar-refractivity contribution in [2.45, 2.75) is 22.7 Å². The molecule has 20 heteroatoms. The minimum atomic E-state index is -6.85. The summed E-state index contributed by atoms with van der Waals surface area (Å²) < 4.78 is 175. The number of ether oxygens (including phenoxy) is 2. The highest BCUT2D eigenvalue weighted by atomic mass is 32.2. The van der Waals surface area contributed by atoms with E-state index < -0.39 is 77.1 Å². The first-order chi connectivity index (χ1) is 15.9. The van der Waals surface area contributed by atoms with Gasteiger partial charge in [0.05, 0.1) is 0 Å². The third kappa shape index (κ3) is 5.50. The van der Waals surface area contributed by atoms with Crippen LogP contribution in [0.5, 0.6) is 23.0 Å². The van der Waals surface area contributed by atoms with Crippen molar-refractivity contribution in [3.05, 3.63) is 36.4 Å². The molecule has 0 radical (unpaired) electrons. The molecule has 0 aliphatic carbocycles. The maximum Gasteiger partial charge on any atom is 0.483 e. The molecule has 2 rings (SSSR count). The summed E-state index contributed by atoms with van der Waals surface area (Å²) in [6.07, 6.45) is -12.3. The zero-order valence-corrected chi connectivity index (χ0v) is 18.2. The van der Waals surface area contributed by atoms with Gasteiger partial charge in [-0.3, -0.25) is 9.11 Å². The van der Waals surface area contributed by atoms with Gasteiger partial charge in [-0.25, -0.2) is 0 Å². The van der Waals surface area contributed by atoms with Crippen molar-refractivity contribution in [3.8, 4) is 34.1 Å². The van der Waals surface area contributed by atoms with Crippen LogP contribution in [0.15, 0.2) is 36.4 Å². The molecule has 2 aromatic carbocycles. The number of hydrogen-bond acceptors (Lipinski definition) is 8. The summed E-state index contributed by atoms with van der Waals surface area (Å²) in [4.78, 5) is 0. The molecule has 0 atom stereocenters. The normalized spacial score (nSPS) is 13.9. The Balaban J connectivity index is 2.71. The smallest absolute Gasteiger partial charge is 0.483 e. The number of halogens is 8. The van der Waals surface area contributed by atoms with E-state index in [0.29, 0.717) is 18.2 Å². The fourth-order valence-electron chi connectivity index (χ4n) is 2.33. The van der Waals surface area contributed by atoms with Crippen molar-refractivity contribution in [2.75, 3.05) is 0 Å². The third-order valence-electron chi connectivity index (χ3n) is 3.93. The van der Waals surface area contributed by atoms with Crippen LogP contribution in [0.4, 0.5) is 35.1 Å². The van der Waals surface area contributed by atoms with Crippen molar-refractivity contribution < 1.29 is 80.8 Å². The quantitative estimate of drug-likeness (QED) is 0.255. The lowest BCUT2D eigenvalue weighted by atomic mass is 10.0. The average molecular weight is 578 g/mol. The summed E-state index contributed by atoms with van der Waals surface area (Å²) in [5.41, 5.74) is -1.30. The first-order valence-electron chi connectivity index (χ1n) is 8.43. The number of phenolic OH excluding ortho intramolecular Hbond substituents is 2. The van der Waals surface area contributed by atoms with E-state index in [2.05, 4.69) is 9.47 Å². The zero-order valence-electron chi connectivity index (χ0n) is 16.5. The van der Waals surface area contributed by atoms with Crippen LogP contribution in [0.25, 0.3) is 11.1 Å². The molecule has 0 aliphatic rings. The van der Waals surface area contributed by atoms with Gasteiger partial charge in [-0.1, -0.05) is 0 Å².